The lowest BCUT2D eigenvalue weighted by molar-refractivity contribution is -0.468. The van der Waals surface area contributed by atoms with E-state index in [9.17, 15) is 167 Å². The first-order valence-corrected chi connectivity index (χ1v) is 16.7. The molecule has 0 heterocycles. The molecule has 0 aromatic rings. The molecule has 0 aromatic heterocycles. The minimum Gasteiger partial charge on any atom is -0.339 e. The van der Waals surface area contributed by atoms with Gasteiger partial charge in [0.15, 0.2) is 8.40 Å². The van der Waals surface area contributed by atoms with Crippen molar-refractivity contribution in [2.24, 2.45) is 10.8 Å². The highest BCUT2D eigenvalue weighted by atomic mass is 28.3. The molecule has 0 aliphatic rings. The number of hydrogen-bond acceptors (Lipinski definition) is 2. The fourth-order valence-electron chi connectivity index (χ4n) is 4.01. The summed E-state index contributed by atoms with van der Waals surface area (Å²) in [7, 11) is -6.16. The zero-order chi connectivity index (χ0) is 52.3. The second kappa shape index (κ2) is 15.3. The molecule has 0 radical (unpaired) electrons. The maximum Gasteiger partial charge on any atom is 0.460 e. The largest absolute Gasteiger partial charge is 0.460 e. The molecular formula is C22H12F38N2Si. The Hall–Kier alpha value is -2.52. The first-order valence-electron chi connectivity index (χ1n) is 14.2. The van der Waals surface area contributed by atoms with Crippen molar-refractivity contribution in [3.05, 3.63) is 0 Å². The van der Waals surface area contributed by atoms with Crippen LogP contribution in [0, 0.1) is 0 Å². The van der Waals surface area contributed by atoms with Crippen molar-refractivity contribution in [1.29, 1.82) is 0 Å². The number of halogens is 38. The van der Waals surface area contributed by atoms with Crippen molar-refractivity contribution >= 4 is 8.40 Å². The molecule has 380 valence electrons. The zero-order valence-electron chi connectivity index (χ0n) is 27.8. The summed E-state index contributed by atoms with van der Waals surface area (Å²) in [6.07, 6.45) is -24.1. The van der Waals surface area contributed by atoms with Crippen molar-refractivity contribution in [1.82, 2.24) is 0 Å². The summed E-state index contributed by atoms with van der Waals surface area (Å²) in [5.41, 5.74) is 0. The summed E-state index contributed by atoms with van der Waals surface area (Å²) in [5, 5.41) is 9.33. The molecule has 0 aromatic carbocycles. The van der Waals surface area contributed by atoms with Crippen LogP contribution >= 0.6 is 0 Å². The number of nitrogens with two attached hydrogens (primary N) is 2. The number of alkyl halides is 38. The van der Waals surface area contributed by atoms with Gasteiger partial charge in [0.1, 0.15) is 0 Å². The van der Waals surface area contributed by atoms with Crippen molar-refractivity contribution in [2.45, 2.75) is 132 Å². The van der Waals surface area contributed by atoms with E-state index in [4.69, 9.17) is 0 Å². The maximum atomic E-state index is 14.2. The first kappa shape index (κ1) is 60.5. The molecule has 0 saturated heterocycles. The highest BCUT2D eigenvalue weighted by Crippen LogP contribution is 2.68. The molecule has 0 atom stereocenters. The van der Waals surface area contributed by atoms with Gasteiger partial charge in [-0.2, -0.15) is 167 Å². The quantitative estimate of drug-likeness (QED) is 0.0943. The Bertz CT molecular complexity index is 1500. The van der Waals surface area contributed by atoms with Gasteiger partial charge >= 0.3 is 107 Å². The molecule has 0 fully saturated rings. The summed E-state index contributed by atoms with van der Waals surface area (Å²) >= 11 is 0. The lowest BCUT2D eigenvalue weighted by Gasteiger charge is -2.44. The topological polar surface area (TPSA) is 52.0 Å². The summed E-state index contributed by atoms with van der Waals surface area (Å²) in [6.45, 7) is 0. The van der Waals surface area contributed by atoms with Crippen molar-refractivity contribution < 1.29 is 167 Å². The van der Waals surface area contributed by atoms with Crippen LogP contribution < -0.4 is 10.8 Å². The molecule has 0 aliphatic carbocycles. The van der Waals surface area contributed by atoms with E-state index >= 15 is 0 Å². The second-order valence-corrected chi connectivity index (χ2v) is 16.1. The molecule has 4 N–H and O–H groups in total. The predicted molar refractivity (Wildman–Crippen MR) is 124 cm³/mol. The molecular weight excluding hydrogens is 1040 g/mol. The van der Waals surface area contributed by atoms with Gasteiger partial charge in [-0.1, -0.05) is 0 Å². The monoisotopic (exact) mass is 1050 g/mol. The van der Waals surface area contributed by atoms with Gasteiger partial charge in [-0.05, 0) is 12.1 Å². The average molecular weight is 1050 g/mol. The molecule has 0 rings (SSSR count). The smallest absolute Gasteiger partial charge is 0.339 e. The summed E-state index contributed by atoms with van der Waals surface area (Å²) in [5.74, 6) is -143. The van der Waals surface area contributed by atoms with Crippen molar-refractivity contribution in [3.8, 4) is 0 Å². The van der Waals surface area contributed by atoms with Gasteiger partial charge in [0.25, 0.3) is 0 Å². The van der Waals surface area contributed by atoms with E-state index in [1.54, 1.807) is 0 Å². The first-order chi connectivity index (χ1) is 26.4. The van der Waals surface area contributed by atoms with Gasteiger partial charge in [-0.25, -0.2) is 0 Å². The summed E-state index contributed by atoms with van der Waals surface area (Å²) in [6, 6.07) is -5.86. The number of hydrogen-bond donors (Lipinski definition) is 2. The minimum atomic E-state index is -9.44. The van der Waals surface area contributed by atoms with Crippen LogP contribution in [-0.4, -0.2) is 116 Å². The highest BCUT2D eigenvalue weighted by molar-refractivity contribution is 6.73. The third-order valence-corrected chi connectivity index (χ3v) is 10.5. The van der Waals surface area contributed by atoms with Crippen molar-refractivity contribution in [2.75, 3.05) is 0 Å². The zero-order valence-corrected chi connectivity index (χ0v) is 28.8. The van der Waals surface area contributed by atoms with E-state index in [1.165, 1.54) is 0 Å². The van der Waals surface area contributed by atoms with Crippen LogP contribution in [0.4, 0.5) is 167 Å². The van der Waals surface area contributed by atoms with Gasteiger partial charge in [0, 0.05) is 12.8 Å². The van der Waals surface area contributed by atoms with Crippen LogP contribution in [0.2, 0.25) is 12.1 Å². The number of rotatable bonds is 20. The van der Waals surface area contributed by atoms with Gasteiger partial charge in [0.05, 0.1) is 0 Å². The predicted octanol–water partition coefficient (Wildman–Crippen LogP) is 12.4. The molecule has 41 heteroatoms. The van der Waals surface area contributed by atoms with Crippen LogP contribution in [0.1, 0.15) is 12.8 Å². The molecule has 0 bridgehead atoms. The summed E-state index contributed by atoms with van der Waals surface area (Å²) < 4.78 is 511. The minimum absolute atomic E-state index is 2.93. The molecule has 0 saturated carbocycles. The van der Waals surface area contributed by atoms with Crippen LogP contribution in [0.15, 0.2) is 0 Å². The van der Waals surface area contributed by atoms with Gasteiger partial charge in [-0.15, -0.1) is 0 Å². The molecule has 0 unspecified atom stereocenters. The molecule has 0 amide bonds. The fourth-order valence-corrected chi connectivity index (χ4v) is 5.81. The Morgan fingerprint density at radius 1 is 0.206 bits per heavy atom. The Morgan fingerprint density at radius 3 is 0.476 bits per heavy atom. The summed E-state index contributed by atoms with van der Waals surface area (Å²) in [4.78, 5) is 0. The van der Waals surface area contributed by atoms with Crippen LogP contribution in [-0.2, 0) is 0 Å². The van der Waals surface area contributed by atoms with Crippen LogP contribution in [0.25, 0.3) is 0 Å². The Morgan fingerprint density at radius 2 is 0.333 bits per heavy atom. The second-order valence-electron chi connectivity index (χ2n) is 12.7. The van der Waals surface area contributed by atoms with E-state index in [1.807, 2.05) is 0 Å². The third kappa shape index (κ3) is 8.13. The molecule has 0 aliphatic heterocycles. The van der Waals surface area contributed by atoms with E-state index in [2.05, 4.69) is 10.8 Å². The van der Waals surface area contributed by atoms with Crippen molar-refractivity contribution in [3.63, 3.8) is 0 Å². The Labute approximate surface area is 319 Å². The molecule has 63 heavy (non-hydrogen) atoms. The Kier molecular flexibility index (Phi) is 14.6. The average Bonchev–Trinajstić information content (AvgIpc) is 3.04. The SMILES string of the molecule is N[Si](N)(CCC(F)(F)C(F)(F)C(F)(F)C(F)(F)C(F)(F)C(F)(F)C(F)(F)C(F)(F)C(F)(F)F)CCC(F)(F)C(F)(F)C(F)(F)C(F)(F)C(F)(F)C(F)(F)C(F)(F)C(F)(F)C(F)(F)F. The van der Waals surface area contributed by atoms with Gasteiger partial charge < -0.3 is 10.8 Å². The molecule has 2 nitrogen and oxygen atoms in total. The standard InChI is InChI=1S/C22H12F38N2Si/c23-5(24,7(27,28)9(31,32)11(35,36)13(39,40)15(43,44)17(47,48)19(51,52)21(55,56)57)1-3-63(61,62)4-2-6(25,26)8(29,30)10(33,34)12(37,38)14(41,42)16(45,46)18(49,50)20(53,54)22(58,59)60/h1-4,61-62H2. The van der Waals surface area contributed by atoms with E-state index in [-0.39, 0.29) is 0 Å². The van der Waals surface area contributed by atoms with E-state index in [0.29, 0.717) is 0 Å². The van der Waals surface area contributed by atoms with Gasteiger partial charge in [-0.3, -0.25) is 0 Å². The normalized spacial score (nSPS) is 17.1. The molecule has 0 spiro atoms. The lowest BCUT2D eigenvalue weighted by atomic mass is 9.87. The third-order valence-electron chi connectivity index (χ3n) is 8.17. The fraction of sp³-hybridized carbons (Fsp3) is 1.00. The van der Waals surface area contributed by atoms with E-state index in [0.717, 1.165) is 0 Å². The van der Waals surface area contributed by atoms with Crippen LogP contribution in [0.3, 0.4) is 0 Å². The van der Waals surface area contributed by atoms with E-state index < -0.39 is 140 Å². The highest BCUT2D eigenvalue weighted by Gasteiger charge is 2.98. The van der Waals surface area contributed by atoms with Crippen LogP contribution in [0.5, 0.6) is 0 Å². The maximum absolute atomic E-state index is 14.2. The Balaban J connectivity index is 6.84. The van der Waals surface area contributed by atoms with Gasteiger partial charge in [0.2, 0.25) is 0 Å². The lowest BCUT2D eigenvalue weighted by Crippen LogP contribution is -2.76.